The smallest absolute Gasteiger partial charge is 0.160 e. The average Bonchev–Trinajstić information content (AvgIpc) is 1.61. The molecule has 0 aromatic rings. The molecule has 0 aliphatic heterocycles. The van der Waals surface area contributed by atoms with E-state index in [0.29, 0.717) is 0 Å². The molecular weight excluding hydrogens is 177 g/mol. The SMILES string of the molecule is C=CSF.O=S(=O)(F)F. The molecule has 0 unspecified atom stereocenters. The molecule has 0 aliphatic rings. The summed E-state index contributed by atoms with van der Waals surface area (Å²) in [5.74, 6) is 0. The van der Waals surface area contributed by atoms with E-state index in [1.165, 1.54) is 0 Å². The maximum atomic E-state index is 10.5. The molecule has 0 bridgehead atoms. The van der Waals surface area contributed by atoms with Crippen LogP contribution in [0.15, 0.2) is 12.0 Å². The van der Waals surface area contributed by atoms with E-state index in [4.69, 9.17) is 8.42 Å². The van der Waals surface area contributed by atoms with Gasteiger partial charge in [0.1, 0.15) is 0 Å². The van der Waals surface area contributed by atoms with Gasteiger partial charge in [-0.2, -0.15) is 12.3 Å². The molecule has 9 heavy (non-hydrogen) atoms. The number of hydrogen-bond acceptors (Lipinski definition) is 3. The van der Waals surface area contributed by atoms with Gasteiger partial charge in [0, 0.05) is 0 Å². The Labute approximate surface area is 55.6 Å². The van der Waals surface area contributed by atoms with Gasteiger partial charge in [-0.25, -0.2) is 0 Å². The largest absolute Gasteiger partial charge is 0.476 e. The average molecular weight is 180 g/mol. The van der Waals surface area contributed by atoms with Crippen molar-refractivity contribution in [3.63, 3.8) is 0 Å². The fraction of sp³-hybridized carbons (Fsp3) is 0. The second-order valence-electron chi connectivity index (χ2n) is 0.634. The van der Waals surface area contributed by atoms with Crippen molar-refractivity contribution in [2.75, 3.05) is 0 Å². The molecule has 0 aliphatic carbocycles. The van der Waals surface area contributed by atoms with Gasteiger partial charge in [0.25, 0.3) is 0 Å². The van der Waals surface area contributed by atoms with E-state index in [1.807, 2.05) is 0 Å². The summed E-state index contributed by atoms with van der Waals surface area (Å²) in [7, 11) is -5.67. The molecule has 0 N–H and O–H groups in total. The monoisotopic (exact) mass is 180 g/mol. The van der Waals surface area contributed by atoms with Gasteiger partial charge >= 0.3 is 10.6 Å². The topological polar surface area (TPSA) is 34.1 Å². The summed E-state index contributed by atoms with van der Waals surface area (Å²) in [5, 5.41) is 1.12. The van der Waals surface area contributed by atoms with Gasteiger partial charge in [-0.05, 0) is 5.41 Å². The highest BCUT2D eigenvalue weighted by Gasteiger charge is 1.94. The lowest BCUT2D eigenvalue weighted by molar-refractivity contribution is 0.501. The molecule has 0 aromatic carbocycles. The molecule has 0 amide bonds. The Morgan fingerprint density at radius 1 is 1.44 bits per heavy atom. The molecule has 0 rings (SSSR count). The minimum Gasteiger partial charge on any atom is -0.160 e. The van der Waals surface area contributed by atoms with E-state index in [2.05, 4.69) is 6.58 Å². The molecule has 0 aromatic heterocycles. The Kier molecular flexibility index (Phi) is 7.68. The molecular formula is C2H3F3O2S2. The third-order valence-electron chi connectivity index (χ3n) is 0.0630. The van der Waals surface area contributed by atoms with E-state index in [1.54, 1.807) is 0 Å². The Morgan fingerprint density at radius 2 is 1.56 bits per heavy atom. The molecule has 0 saturated heterocycles. The fourth-order valence-electron chi connectivity index (χ4n) is 0. The highest BCUT2D eigenvalue weighted by Crippen LogP contribution is 1.96. The van der Waals surface area contributed by atoms with Crippen molar-refractivity contribution in [2.24, 2.45) is 0 Å². The number of hydrogen-bond donors (Lipinski definition) is 0. The summed E-state index contributed by atoms with van der Waals surface area (Å²) in [5.41, 5.74) is 0. The predicted molar refractivity (Wildman–Crippen MR) is 30.0 cm³/mol. The first-order chi connectivity index (χ1) is 3.91. The van der Waals surface area contributed by atoms with Crippen molar-refractivity contribution >= 4 is 22.8 Å². The summed E-state index contributed by atoms with van der Waals surface area (Å²) < 4.78 is 47.1. The molecule has 56 valence electrons. The minimum atomic E-state index is -5.67. The van der Waals surface area contributed by atoms with E-state index in [0.717, 1.165) is 5.41 Å². The lowest BCUT2D eigenvalue weighted by atomic mass is 11.3. The van der Waals surface area contributed by atoms with Crippen molar-refractivity contribution in [3.05, 3.63) is 12.0 Å². The molecule has 0 radical (unpaired) electrons. The van der Waals surface area contributed by atoms with Crippen LogP contribution in [-0.4, -0.2) is 8.42 Å². The van der Waals surface area contributed by atoms with Crippen LogP contribution in [-0.2, 0) is 10.6 Å². The van der Waals surface area contributed by atoms with Crippen molar-refractivity contribution in [1.82, 2.24) is 0 Å². The van der Waals surface area contributed by atoms with Crippen LogP contribution >= 0.6 is 12.1 Å². The third-order valence-corrected chi connectivity index (χ3v) is 0.189. The molecule has 7 heteroatoms. The number of rotatable bonds is 1. The first-order valence-corrected chi connectivity index (χ1v) is 3.50. The van der Waals surface area contributed by atoms with E-state index >= 15 is 0 Å². The van der Waals surface area contributed by atoms with Gasteiger partial charge in [0.15, 0.2) is 0 Å². The minimum absolute atomic E-state index is 0.120. The van der Waals surface area contributed by atoms with Crippen molar-refractivity contribution in [2.45, 2.75) is 0 Å². The van der Waals surface area contributed by atoms with Gasteiger partial charge in [0.05, 0.1) is 12.1 Å². The summed E-state index contributed by atoms with van der Waals surface area (Å²) in [6, 6.07) is 0. The lowest BCUT2D eigenvalue weighted by Crippen LogP contribution is -1.69. The Hall–Kier alpha value is -0.170. The fourth-order valence-corrected chi connectivity index (χ4v) is 0. The van der Waals surface area contributed by atoms with E-state index in [9.17, 15) is 11.7 Å². The summed E-state index contributed by atoms with van der Waals surface area (Å²) in [4.78, 5) is 0. The highest BCUT2D eigenvalue weighted by molar-refractivity contribution is 7.97. The maximum Gasteiger partial charge on any atom is 0.476 e. The lowest BCUT2D eigenvalue weighted by Gasteiger charge is -1.57. The second kappa shape index (κ2) is 5.96. The van der Waals surface area contributed by atoms with Crippen LogP contribution in [0.2, 0.25) is 0 Å². The van der Waals surface area contributed by atoms with E-state index < -0.39 is 10.6 Å². The van der Waals surface area contributed by atoms with Crippen LogP contribution in [0, 0.1) is 0 Å². The van der Waals surface area contributed by atoms with Gasteiger partial charge in [-0.1, -0.05) is 14.4 Å². The molecule has 0 fully saturated rings. The van der Waals surface area contributed by atoms with Crippen LogP contribution in [0.3, 0.4) is 0 Å². The van der Waals surface area contributed by atoms with Crippen LogP contribution in [0.5, 0.6) is 0 Å². The van der Waals surface area contributed by atoms with Crippen LogP contribution < -0.4 is 0 Å². The molecule has 0 atom stereocenters. The van der Waals surface area contributed by atoms with Gasteiger partial charge in [-0.3, -0.25) is 0 Å². The van der Waals surface area contributed by atoms with Gasteiger partial charge in [0.2, 0.25) is 0 Å². The van der Waals surface area contributed by atoms with Crippen molar-refractivity contribution < 1.29 is 20.1 Å². The zero-order valence-electron chi connectivity index (χ0n) is 4.05. The van der Waals surface area contributed by atoms with E-state index in [-0.39, 0.29) is 12.1 Å². The van der Waals surface area contributed by atoms with Crippen LogP contribution in [0.25, 0.3) is 0 Å². The Balaban J connectivity index is 0. The highest BCUT2D eigenvalue weighted by atomic mass is 32.3. The summed E-state index contributed by atoms with van der Waals surface area (Å²) >= 11 is 0.120. The second-order valence-corrected chi connectivity index (χ2v) is 1.90. The predicted octanol–water partition coefficient (Wildman–Crippen LogP) is 1.92. The van der Waals surface area contributed by atoms with Crippen molar-refractivity contribution in [1.29, 1.82) is 0 Å². The normalized spacial score (nSPS) is 9.22. The Bertz CT molecular complexity index is 143. The molecule has 0 saturated carbocycles. The zero-order valence-corrected chi connectivity index (χ0v) is 5.68. The molecule has 2 nitrogen and oxygen atoms in total. The van der Waals surface area contributed by atoms with Crippen molar-refractivity contribution in [3.8, 4) is 0 Å². The summed E-state index contributed by atoms with van der Waals surface area (Å²) in [6.45, 7) is 3.07. The number of halogens is 3. The van der Waals surface area contributed by atoms with Crippen LogP contribution in [0.4, 0.5) is 11.7 Å². The standard InChI is InChI=1S/C2H3FS.F2O2S/c1-2-4-3;1-5(2,3)4/h2H,1H2;. The third kappa shape index (κ3) is 386. The molecule has 0 spiro atoms. The van der Waals surface area contributed by atoms with Crippen LogP contribution in [0.1, 0.15) is 0 Å². The molecule has 0 heterocycles. The summed E-state index contributed by atoms with van der Waals surface area (Å²) in [6.07, 6.45) is 0. The van der Waals surface area contributed by atoms with Gasteiger partial charge < -0.3 is 0 Å². The Morgan fingerprint density at radius 3 is 1.56 bits per heavy atom. The van der Waals surface area contributed by atoms with Gasteiger partial charge in [-0.15, -0.1) is 0 Å². The maximum absolute atomic E-state index is 10.5. The quantitative estimate of drug-likeness (QED) is 0.578. The zero-order chi connectivity index (χ0) is 7.91. The first kappa shape index (κ1) is 11.6. The first-order valence-electron chi connectivity index (χ1n) is 1.44.